The van der Waals surface area contributed by atoms with Gasteiger partial charge in [-0.25, -0.2) is 4.98 Å². The molecule has 2 aromatic rings. The largest absolute Gasteiger partial charge is 0.389 e. The molecule has 2 aromatic heterocycles. The highest BCUT2D eigenvalue weighted by molar-refractivity contribution is 8.01. The van der Waals surface area contributed by atoms with Crippen LogP contribution in [0.3, 0.4) is 0 Å². The van der Waals surface area contributed by atoms with E-state index in [4.69, 9.17) is 5.73 Å². The lowest BCUT2D eigenvalue weighted by molar-refractivity contribution is 1.23. The molecule has 0 unspecified atom stereocenters. The van der Waals surface area contributed by atoms with E-state index in [0.717, 1.165) is 31.9 Å². The molecule has 0 atom stereocenters. The van der Waals surface area contributed by atoms with Crippen molar-refractivity contribution in [3.05, 3.63) is 36.7 Å². The number of nitrogens with zero attached hydrogens (tertiary/aromatic N) is 2. The van der Waals surface area contributed by atoms with Crippen LogP contribution in [0.1, 0.15) is 6.92 Å². The molecule has 2 rings (SSSR count). The third-order valence-corrected chi connectivity index (χ3v) is 4.27. The number of pyridine rings is 1. The lowest BCUT2D eigenvalue weighted by Gasteiger charge is -1.96. The normalized spacial score (nSPS) is 10.4. The van der Waals surface area contributed by atoms with E-state index in [0.29, 0.717) is 0 Å². The minimum Gasteiger partial charge on any atom is -0.389 e. The summed E-state index contributed by atoms with van der Waals surface area (Å²) in [4.78, 5) is 8.60. The van der Waals surface area contributed by atoms with Gasteiger partial charge in [-0.3, -0.25) is 4.98 Å². The number of thiazole rings is 1. The van der Waals surface area contributed by atoms with E-state index in [2.05, 4.69) is 16.5 Å². The van der Waals surface area contributed by atoms with E-state index in [1.54, 1.807) is 24.2 Å². The molecule has 0 amide bonds. The molecule has 0 aliphatic carbocycles. The Kier molecular flexibility index (Phi) is 3.81. The topological polar surface area (TPSA) is 51.8 Å². The standard InChI is InChI=1S/C12H13N3S2/c1-8(2)7-16-12-15-10(11(13)17-12)9-4-3-5-14-6-9/h3-6H,1,7,13H2,2H3. The Morgan fingerprint density at radius 3 is 3.06 bits per heavy atom. The van der Waals surface area contributed by atoms with Crippen LogP contribution in [0.15, 0.2) is 41.0 Å². The first-order chi connectivity index (χ1) is 8.16. The SMILES string of the molecule is C=C(C)CSc1nc(-c2cccnc2)c(N)s1. The molecule has 0 fully saturated rings. The molecule has 3 nitrogen and oxygen atoms in total. The van der Waals surface area contributed by atoms with Crippen molar-refractivity contribution in [2.75, 3.05) is 11.5 Å². The first-order valence-electron chi connectivity index (χ1n) is 5.10. The zero-order valence-electron chi connectivity index (χ0n) is 9.51. The predicted molar refractivity (Wildman–Crippen MR) is 75.3 cm³/mol. The lowest BCUT2D eigenvalue weighted by Crippen LogP contribution is -1.86. The maximum absolute atomic E-state index is 5.97. The highest BCUT2D eigenvalue weighted by Crippen LogP contribution is 2.35. The van der Waals surface area contributed by atoms with Crippen molar-refractivity contribution in [3.8, 4) is 11.3 Å². The van der Waals surface area contributed by atoms with Crippen molar-refractivity contribution in [2.45, 2.75) is 11.3 Å². The van der Waals surface area contributed by atoms with E-state index in [9.17, 15) is 0 Å². The summed E-state index contributed by atoms with van der Waals surface area (Å²) in [6.45, 7) is 5.88. The Morgan fingerprint density at radius 1 is 1.59 bits per heavy atom. The first-order valence-corrected chi connectivity index (χ1v) is 6.91. The number of anilines is 1. The van der Waals surface area contributed by atoms with Gasteiger partial charge < -0.3 is 5.73 Å². The summed E-state index contributed by atoms with van der Waals surface area (Å²) in [5, 5.41) is 0.738. The van der Waals surface area contributed by atoms with Gasteiger partial charge in [0.25, 0.3) is 0 Å². The Hall–Kier alpha value is -1.33. The van der Waals surface area contributed by atoms with Gasteiger partial charge in [0.05, 0.1) is 0 Å². The second-order valence-electron chi connectivity index (χ2n) is 3.68. The number of aromatic nitrogens is 2. The van der Waals surface area contributed by atoms with E-state index >= 15 is 0 Å². The summed E-state index contributed by atoms with van der Waals surface area (Å²) in [5.41, 5.74) is 8.89. The Balaban J connectivity index is 2.22. The third-order valence-electron chi connectivity index (χ3n) is 2.01. The molecular formula is C12H13N3S2. The van der Waals surface area contributed by atoms with E-state index in [1.165, 1.54) is 11.3 Å². The van der Waals surface area contributed by atoms with E-state index in [-0.39, 0.29) is 0 Å². The molecule has 0 spiro atoms. The monoisotopic (exact) mass is 263 g/mol. The molecule has 88 valence electrons. The molecule has 0 radical (unpaired) electrons. The molecule has 0 bridgehead atoms. The molecule has 0 aliphatic heterocycles. The maximum Gasteiger partial charge on any atom is 0.152 e. The van der Waals surface area contributed by atoms with Crippen molar-refractivity contribution < 1.29 is 0 Å². The van der Waals surface area contributed by atoms with Crippen LogP contribution in [0.25, 0.3) is 11.3 Å². The first kappa shape index (κ1) is 12.1. The van der Waals surface area contributed by atoms with Gasteiger partial charge in [-0.1, -0.05) is 35.3 Å². The fourth-order valence-electron chi connectivity index (χ4n) is 1.27. The molecule has 5 heteroatoms. The summed E-state index contributed by atoms with van der Waals surface area (Å²) < 4.78 is 0.976. The van der Waals surface area contributed by atoms with Gasteiger partial charge in [0.1, 0.15) is 10.7 Å². The number of thioether (sulfide) groups is 1. The van der Waals surface area contributed by atoms with E-state index in [1.807, 2.05) is 19.1 Å². The van der Waals surface area contributed by atoms with Gasteiger partial charge in [-0.2, -0.15) is 0 Å². The van der Waals surface area contributed by atoms with Crippen LogP contribution >= 0.6 is 23.1 Å². The molecule has 2 heterocycles. The number of hydrogen-bond acceptors (Lipinski definition) is 5. The number of hydrogen-bond donors (Lipinski definition) is 1. The average molecular weight is 263 g/mol. The van der Waals surface area contributed by atoms with Gasteiger partial charge in [0, 0.05) is 23.7 Å². The van der Waals surface area contributed by atoms with Crippen LogP contribution in [-0.2, 0) is 0 Å². The fourth-order valence-corrected chi connectivity index (χ4v) is 3.06. The predicted octanol–water partition coefficient (Wildman–Crippen LogP) is 3.46. The average Bonchev–Trinajstić information content (AvgIpc) is 2.69. The van der Waals surface area contributed by atoms with Crippen molar-refractivity contribution in [1.82, 2.24) is 9.97 Å². The van der Waals surface area contributed by atoms with Crippen LogP contribution in [0.4, 0.5) is 5.00 Å². The second-order valence-corrected chi connectivity index (χ2v) is 5.93. The van der Waals surface area contributed by atoms with Gasteiger partial charge in [-0.15, -0.1) is 0 Å². The van der Waals surface area contributed by atoms with Crippen LogP contribution in [0.5, 0.6) is 0 Å². The Labute approximate surface area is 109 Å². The van der Waals surface area contributed by atoms with Gasteiger partial charge in [0.2, 0.25) is 0 Å². The Bertz CT molecular complexity index is 520. The molecule has 0 saturated carbocycles. The van der Waals surface area contributed by atoms with Crippen molar-refractivity contribution in [1.29, 1.82) is 0 Å². The molecule has 0 aromatic carbocycles. The minimum atomic E-state index is 0.738. The number of rotatable bonds is 4. The van der Waals surface area contributed by atoms with Crippen LogP contribution in [-0.4, -0.2) is 15.7 Å². The summed E-state index contributed by atoms with van der Waals surface area (Å²) in [6, 6.07) is 3.85. The van der Waals surface area contributed by atoms with Crippen molar-refractivity contribution in [2.24, 2.45) is 0 Å². The van der Waals surface area contributed by atoms with Crippen LogP contribution in [0.2, 0.25) is 0 Å². The van der Waals surface area contributed by atoms with Gasteiger partial charge in [-0.05, 0) is 19.1 Å². The summed E-state index contributed by atoms with van der Waals surface area (Å²) in [6.07, 6.45) is 3.52. The lowest BCUT2D eigenvalue weighted by atomic mass is 10.2. The zero-order valence-corrected chi connectivity index (χ0v) is 11.1. The number of nitrogen functional groups attached to an aromatic ring is 1. The minimum absolute atomic E-state index is 0.738. The molecule has 2 N–H and O–H groups in total. The summed E-state index contributed by atoms with van der Waals surface area (Å²) in [7, 11) is 0. The molecule has 0 aliphatic rings. The highest BCUT2D eigenvalue weighted by atomic mass is 32.2. The summed E-state index contributed by atoms with van der Waals surface area (Å²) >= 11 is 3.18. The molecule has 0 saturated heterocycles. The quantitative estimate of drug-likeness (QED) is 0.678. The highest BCUT2D eigenvalue weighted by Gasteiger charge is 2.10. The van der Waals surface area contributed by atoms with Crippen molar-refractivity contribution >= 4 is 28.1 Å². The van der Waals surface area contributed by atoms with Crippen LogP contribution in [0, 0.1) is 0 Å². The van der Waals surface area contributed by atoms with Gasteiger partial charge >= 0.3 is 0 Å². The molecular weight excluding hydrogens is 250 g/mol. The summed E-state index contributed by atoms with van der Waals surface area (Å²) in [5.74, 6) is 0.874. The van der Waals surface area contributed by atoms with E-state index < -0.39 is 0 Å². The Morgan fingerprint density at radius 2 is 2.41 bits per heavy atom. The zero-order chi connectivity index (χ0) is 12.3. The maximum atomic E-state index is 5.97. The van der Waals surface area contributed by atoms with Gasteiger partial charge in [0.15, 0.2) is 4.34 Å². The van der Waals surface area contributed by atoms with Crippen molar-refractivity contribution in [3.63, 3.8) is 0 Å². The number of nitrogens with two attached hydrogens (primary N) is 1. The third kappa shape index (κ3) is 3.08. The van der Waals surface area contributed by atoms with Crippen LogP contribution < -0.4 is 5.73 Å². The smallest absolute Gasteiger partial charge is 0.152 e. The fraction of sp³-hybridized carbons (Fsp3) is 0.167. The second kappa shape index (κ2) is 5.33. The molecule has 17 heavy (non-hydrogen) atoms.